The highest BCUT2D eigenvalue weighted by Crippen LogP contribution is 2.42. The molecule has 0 atom stereocenters. The Bertz CT molecular complexity index is 688. The Morgan fingerprint density at radius 1 is 0.694 bits per heavy atom. The summed E-state index contributed by atoms with van der Waals surface area (Å²) in [6.07, 6.45) is 13.3. The molecule has 0 saturated heterocycles. The van der Waals surface area contributed by atoms with Crippen LogP contribution in [0.2, 0.25) is 0 Å². The Morgan fingerprint density at radius 3 is 1.47 bits per heavy atom. The van der Waals surface area contributed by atoms with Crippen LogP contribution in [0.3, 0.4) is 0 Å². The van der Waals surface area contributed by atoms with Gasteiger partial charge >= 0.3 is 0 Å². The Kier molecular flexibility index (Phi) is 13.5. The highest BCUT2D eigenvalue weighted by Gasteiger charge is 2.30. The average molecular weight is 523 g/mol. The summed E-state index contributed by atoms with van der Waals surface area (Å²) in [6, 6.07) is 2.59. The molecule has 0 aromatic heterocycles. The fourth-order valence-corrected chi connectivity index (χ4v) is 6.60. The van der Waals surface area contributed by atoms with E-state index in [2.05, 4.69) is 4.74 Å². The molecule has 3 fully saturated rings. The predicted octanol–water partition coefficient (Wildman–Crippen LogP) is 9.44. The smallest absolute Gasteiger partial charge is 0.190 e. The van der Waals surface area contributed by atoms with Crippen LogP contribution in [0.1, 0.15) is 101 Å². The van der Waals surface area contributed by atoms with E-state index in [1.807, 2.05) is 0 Å². The first kappa shape index (κ1) is 30.8. The van der Waals surface area contributed by atoms with E-state index in [1.165, 1.54) is 70.6 Å². The molecular weight excluding hydrogens is 478 g/mol. The van der Waals surface area contributed by atoms with Crippen molar-refractivity contribution in [1.29, 1.82) is 0 Å². The number of rotatable bonds is 7. The standard InChI is InChI=1S/C16H28F2.C13H15F3O.FH/c17-11-9-13-1-5-15(6-2-13)16-7-3-14(4-8-16)10-12-18;1-17-13-11(15)6-9(7-12(13)16)8-2-4-10(14)5-3-8;/h13-16H,1-12H2;6-8,10H,2-5H2,1H3;1H. The molecule has 3 saturated carbocycles. The van der Waals surface area contributed by atoms with E-state index in [1.54, 1.807) is 0 Å². The van der Waals surface area contributed by atoms with Crippen LogP contribution in [0.5, 0.6) is 5.75 Å². The summed E-state index contributed by atoms with van der Waals surface area (Å²) in [4.78, 5) is 0. The Labute approximate surface area is 212 Å². The predicted molar refractivity (Wildman–Crippen MR) is 134 cm³/mol. The van der Waals surface area contributed by atoms with Crippen LogP contribution in [-0.2, 0) is 0 Å². The molecule has 0 N–H and O–H groups in total. The largest absolute Gasteiger partial charge is 0.491 e. The molecule has 1 aromatic rings. The summed E-state index contributed by atoms with van der Waals surface area (Å²) in [5.41, 5.74) is 0.604. The summed E-state index contributed by atoms with van der Waals surface area (Å²) in [5, 5.41) is 0. The normalized spacial score (nSPS) is 30.5. The van der Waals surface area contributed by atoms with E-state index in [-0.39, 0.29) is 29.7 Å². The van der Waals surface area contributed by atoms with E-state index >= 15 is 0 Å². The number of ether oxygens (including phenoxy) is 1. The van der Waals surface area contributed by atoms with Crippen molar-refractivity contribution in [3.63, 3.8) is 0 Å². The maximum Gasteiger partial charge on any atom is 0.190 e. The fourth-order valence-electron chi connectivity index (χ4n) is 6.60. The molecule has 4 rings (SSSR count). The molecule has 3 aliphatic carbocycles. The van der Waals surface area contributed by atoms with Crippen molar-refractivity contribution >= 4 is 0 Å². The van der Waals surface area contributed by atoms with Crippen LogP contribution in [0.25, 0.3) is 0 Å². The van der Waals surface area contributed by atoms with Gasteiger partial charge in [0, 0.05) is 0 Å². The third-order valence-electron chi connectivity index (χ3n) is 8.84. The van der Waals surface area contributed by atoms with Crippen LogP contribution < -0.4 is 4.74 Å². The van der Waals surface area contributed by atoms with Crippen molar-refractivity contribution in [2.75, 3.05) is 20.5 Å². The van der Waals surface area contributed by atoms with Gasteiger partial charge in [-0.25, -0.2) is 13.2 Å². The second-order valence-electron chi connectivity index (χ2n) is 11.0. The van der Waals surface area contributed by atoms with Crippen molar-refractivity contribution in [2.24, 2.45) is 23.7 Å². The molecule has 1 aromatic carbocycles. The Morgan fingerprint density at radius 2 is 1.11 bits per heavy atom. The number of hydrogen-bond acceptors (Lipinski definition) is 1. The van der Waals surface area contributed by atoms with Gasteiger partial charge in [-0.2, -0.15) is 0 Å². The van der Waals surface area contributed by atoms with E-state index < -0.39 is 17.8 Å². The Balaban J connectivity index is 0.000000247. The third kappa shape index (κ3) is 8.86. The lowest BCUT2D eigenvalue weighted by atomic mass is 9.68. The first-order chi connectivity index (χ1) is 16.9. The molecule has 0 radical (unpaired) electrons. The maximum absolute atomic E-state index is 13.5. The van der Waals surface area contributed by atoms with Gasteiger partial charge in [0.05, 0.1) is 20.5 Å². The van der Waals surface area contributed by atoms with Crippen molar-refractivity contribution in [3.05, 3.63) is 29.3 Å². The molecule has 7 heteroatoms. The van der Waals surface area contributed by atoms with E-state index in [0.29, 0.717) is 43.1 Å². The lowest BCUT2D eigenvalue weighted by Gasteiger charge is -2.37. The van der Waals surface area contributed by atoms with Crippen LogP contribution in [0.15, 0.2) is 12.1 Å². The lowest BCUT2D eigenvalue weighted by Crippen LogP contribution is -2.26. The average Bonchev–Trinajstić information content (AvgIpc) is 2.86. The van der Waals surface area contributed by atoms with Crippen molar-refractivity contribution in [1.82, 2.24) is 0 Å². The van der Waals surface area contributed by atoms with E-state index in [9.17, 15) is 22.0 Å². The van der Waals surface area contributed by atoms with Gasteiger partial charge in [-0.1, -0.05) is 25.7 Å². The Hall–Kier alpha value is -1.40. The van der Waals surface area contributed by atoms with Crippen LogP contribution >= 0.6 is 0 Å². The zero-order valence-electron chi connectivity index (χ0n) is 21.6. The summed E-state index contributed by atoms with van der Waals surface area (Å²) in [5.74, 6) is 1.43. The van der Waals surface area contributed by atoms with Gasteiger partial charge in [-0.05, 0) is 111 Å². The van der Waals surface area contributed by atoms with E-state index in [0.717, 1.165) is 24.7 Å². The van der Waals surface area contributed by atoms with Crippen LogP contribution in [0.4, 0.5) is 26.7 Å². The van der Waals surface area contributed by atoms with E-state index in [4.69, 9.17) is 0 Å². The highest BCUT2D eigenvalue weighted by molar-refractivity contribution is 5.33. The second-order valence-corrected chi connectivity index (χ2v) is 11.0. The first-order valence-electron chi connectivity index (χ1n) is 13.7. The van der Waals surface area contributed by atoms with Gasteiger partial charge in [0.2, 0.25) is 0 Å². The van der Waals surface area contributed by atoms with Gasteiger partial charge in [0.15, 0.2) is 17.4 Å². The molecule has 0 spiro atoms. The summed E-state index contributed by atoms with van der Waals surface area (Å²) >= 11 is 0. The number of hydrogen-bond donors (Lipinski definition) is 0. The molecule has 0 amide bonds. The highest BCUT2D eigenvalue weighted by atomic mass is 19.1. The quantitative estimate of drug-likeness (QED) is 0.324. The molecule has 3 aliphatic rings. The topological polar surface area (TPSA) is 9.23 Å². The number of methoxy groups -OCH3 is 1. The summed E-state index contributed by atoms with van der Waals surface area (Å²) in [6.45, 7) is -0.270. The summed E-state index contributed by atoms with van der Waals surface area (Å²) in [7, 11) is 1.23. The lowest BCUT2D eigenvalue weighted by molar-refractivity contribution is 0.136. The number of halogens is 6. The molecule has 208 valence electrons. The minimum Gasteiger partial charge on any atom is -0.491 e. The van der Waals surface area contributed by atoms with Gasteiger partial charge in [0.1, 0.15) is 6.17 Å². The molecule has 0 bridgehead atoms. The number of alkyl halides is 3. The summed E-state index contributed by atoms with van der Waals surface area (Å²) < 4.78 is 69.2. The van der Waals surface area contributed by atoms with Gasteiger partial charge in [-0.15, -0.1) is 0 Å². The molecule has 1 nitrogen and oxygen atoms in total. The minimum atomic E-state index is -0.765. The second kappa shape index (κ2) is 15.8. The number of benzene rings is 1. The maximum atomic E-state index is 13.5. The molecular formula is C29H44F6O. The molecule has 0 aliphatic heterocycles. The molecule has 36 heavy (non-hydrogen) atoms. The van der Waals surface area contributed by atoms with Gasteiger partial charge in [-0.3, -0.25) is 13.5 Å². The van der Waals surface area contributed by atoms with Crippen molar-refractivity contribution in [2.45, 2.75) is 102 Å². The fraction of sp³-hybridized carbons (Fsp3) is 0.793. The first-order valence-corrected chi connectivity index (χ1v) is 13.7. The molecule has 0 unspecified atom stereocenters. The minimum absolute atomic E-state index is 0. The van der Waals surface area contributed by atoms with Gasteiger partial charge in [0.25, 0.3) is 0 Å². The monoisotopic (exact) mass is 522 g/mol. The SMILES string of the molecule is COc1c(F)cc(C2CCC(F)CC2)cc1F.F.FCCC1CCC(C2CCC(CCF)CC2)CC1. The zero-order chi connectivity index (χ0) is 25.2. The third-order valence-corrected chi connectivity index (χ3v) is 8.84. The van der Waals surface area contributed by atoms with Gasteiger partial charge < -0.3 is 4.74 Å². The van der Waals surface area contributed by atoms with Crippen LogP contribution in [0, 0.1) is 35.3 Å². The molecule has 0 heterocycles. The zero-order valence-corrected chi connectivity index (χ0v) is 21.6. The van der Waals surface area contributed by atoms with Crippen molar-refractivity contribution < 1.29 is 31.4 Å². The van der Waals surface area contributed by atoms with Crippen LogP contribution in [-0.4, -0.2) is 26.6 Å². The van der Waals surface area contributed by atoms with Crippen molar-refractivity contribution in [3.8, 4) is 5.75 Å².